The Bertz CT molecular complexity index is 1090. The Morgan fingerprint density at radius 1 is 1.06 bits per heavy atom. The predicted octanol–water partition coefficient (Wildman–Crippen LogP) is 4.32. The van der Waals surface area contributed by atoms with Gasteiger partial charge < -0.3 is 9.73 Å². The molecule has 1 aromatic carbocycles. The second kappa shape index (κ2) is 9.60. The minimum atomic E-state index is -1.03. The van der Waals surface area contributed by atoms with E-state index in [0.717, 1.165) is 25.7 Å². The van der Waals surface area contributed by atoms with E-state index in [1.165, 1.54) is 18.1 Å². The molecular formula is C25H25N3O4. The smallest absolute Gasteiger partial charge is 0.294 e. The first kappa shape index (κ1) is 21.5. The van der Waals surface area contributed by atoms with Gasteiger partial charge in [0.1, 0.15) is 6.04 Å². The van der Waals surface area contributed by atoms with Gasteiger partial charge in [0.25, 0.3) is 5.91 Å². The fourth-order valence-corrected chi connectivity index (χ4v) is 4.17. The molecule has 7 heteroatoms. The molecule has 2 aromatic heterocycles. The highest BCUT2D eigenvalue weighted by Gasteiger charge is 2.37. The van der Waals surface area contributed by atoms with E-state index >= 15 is 0 Å². The number of aromatic nitrogens is 1. The topological polar surface area (TPSA) is 92.5 Å². The predicted molar refractivity (Wildman–Crippen MR) is 119 cm³/mol. The van der Waals surface area contributed by atoms with Crippen LogP contribution in [0.4, 0.5) is 5.69 Å². The molecule has 0 radical (unpaired) electrons. The largest absolute Gasteiger partial charge is 0.459 e. The molecule has 1 N–H and O–H groups in total. The summed E-state index contributed by atoms with van der Waals surface area (Å²) in [6, 6.07) is 12.4. The molecular weight excluding hydrogens is 406 g/mol. The number of benzene rings is 1. The Kier molecular flexibility index (Phi) is 6.44. The maximum absolute atomic E-state index is 13.7. The Labute approximate surface area is 186 Å². The van der Waals surface area contributed by atoms with E-state index in [1.807, 2.05) is 0 Å². The highest BCUT2D eigenvalue weighted by Crippen LogP contribution is 2.33. The normalized spacial score (nSPS) is 14.7. The third kappa shape index (κ3) is 4.46. The minimum absolute atomic E-state index is 0.0605. The zero-order chi connectivity index (χ0) is 22.5. The second-order valence-corrected chi connectivity index (χ2v) is 7.90. The molecule has 7 nitrogen and oxygen atoms in total. The number of nitrogens with one attached hydrogen (secondary N) is 1. The van der Waals surface area contributed by atoms with Crippen LogP contribution in [0, 0.1) is 0 Å². The molecule has 1 fully saturated rings. The van der Waals surface area contributed by atoms with Crippen molar-refractivity contribution in [2.45, 2.75) is 44.7 Å². The molecule has 0 saturated heterocycles. The molecule has 1 saturated carbocycles. The number of rotatable bonds is 7. The number of hydrogen-bond donors (Lipinski definition) is 1. The average molecular weight is 431 g/mol. The molecule has 4 rings (SSSR count). The van der Waals surface area contributed by atoms with Crippen molar-refractivity contribution >= 4 is 23.3 Å². The van der Waals surface area contributed by atoms with E-state index < -0.39 is 11.9 Å². The van der Waals surface area contributed by atoms with Crippen LogP contribution >= 0.6 is 0 Å². The SMILES string of the molecule is CC(=O)c1ccccc1N(C(=O)c1ccco1)C(C(=O)NC1CCCC1)c1cccnc1. The van der Waals surface area contributed by atoms with Crippen molar-refractivity contribution in [3.05, 3.63) is 84.1 Å². The summed E-state index contributed by atoms with van der Waals surface area (Å²) >= 11 is 0. The summed E-state index contributed by atoms with van der Waals surface area (Å²) in [6.45, 7) is 1.44. The first-order chi connectivity index (χ1) is 15.6. The number of anilines is 1. The lowest BCUT2D eigenvalue weighted by atomic mass is 10.0. The van der Waals surface area contributed by atoms with Crippen LogP contribution in [0.25, 0.3) is 0 Å². The van der Waals surface area contributed by atoms with Gasteiger partial charge in [0, 0.05) is 29.6 Å². The van der Waals surface area contributed by atoms with Gasteiger partial charge in [-0.15, -0.1) is 0 Å². The van der Waals surface area contributed by atoms with E-state index in [1.54, 1.807) is 60.9 Å². The molecule has 1 unspecified atom stereocenters. The van der Waals surface area contributed by atoms with Crippen LogP contribution in [0.1, 0.15) is 65.1 Å². The van der Waals surface area contributed by atoms with E-state index in [2.05, 4.69) is 10.3 Å². The van der Waals surface area contributed by atoms with Crippen LogP contribution in [0.3, 0.4) is 0 Å². The Morgan fingerprint density at radius 3 is 2.50 bits per heavy atom. The van der Waals surface area contributed by atoms with E-state index in [-0.39, 0.29) is 23.5 Å². The van der Waals surface area contributed by atoms with Gasteiger partial charge in [-0.1, -0.05) is 31.0 Å². The van der Waals surface area contributed by atoms with Crippen molar-refractivity contribution in [3.8, 4) is 0 Å². The Morgan fingerprint density at radius 2 is 1.84 bits per heavy atom. The van der Waals surface area contributed by atoms with Crippen LogP contribution in [0.2, 0.25) is 0 Å². The van der Waals surface area contributed by atoms with Crippen molar-refractivity contribution in [2.75, 3.05) is 4.90 Å². The first-order valence-electron chi connectivity index (χ1n) is 10.7. The summed E-state index contributed by atoms with van der Waals surface area (Å²) in [7, 11) is 0. The summed E-state index contributed by atoms with van der Waals surface area (Å²) in [5.74, 6) is -0.966. The monoisotopic (exact) mass is 431 g/mol. The van der Waals surface area contributed by atoms with Crippen LogP contribution in [0.15, 0.2) is 71.6 Å². The fourth-order valence-electron chi connectivity index (χ4n) is 4.17. The third-order valence-corrected chi connectivity index (χ3v) is 5.70. The van der Waals surface area contributed by atoms with Gasteiger partial charge >= 0.3 is 0 Å². The molecule has 1 aliphatic carbocycles. The van der Waals surface area contributed by atoms with Gasteiger partial charge in [0.2, 0.25) is 5.91 Å². The van der Waals surface area contributed by atoms with Crippen LogP contribution in [-0.2, 0) is 4.79 Å². The third-order valence-electron chi connectivity index (χ3n) is 5.70. The molecule has 0 bridgehead atoms. The molecule has 2 amide bonds. The summed E-state index contributed by atoms with van der Waals surface area (Å²) in [5.41, 5.74) is 1.23. The standard InChI is InChI=1S/C25H25N3O4/c1-17(29)20-11-4-5-12-21(20)28(25(31)22-13-7-15-32-22)23(18-8-6-14-26-16-18)24(30)27-19-9-2-3-10-19/h4-8,11-16,19,23H,2-3,9-10H2,1H3,(H,27,30). The Hall–Kier alpha value is -3.74. The number of amides is 2. The van der Waals surface area contributed by atoms with Crippen molar-refractivity contribution in [2.24, 2.45) is 0 Å². The number of Topliss-reactive ketones (excluding diaryl/α,β-unsaturated/α-hetero) is 1. The van der Waals surface area contributed by atoms with Crippen molar-refractivity contribution in [1.29, 1.82) is 0 Å². The van der Waals surface area contributed by atoms with Crippen LogP contribution in [-0.4, -0.2) is 28.6 Å². The molecule has 164 valence electrons. The molecule has 2 heterocycles. The van der Waals surface area contributed by atoms with Gasteiger partial charge in [-0.2, -0.15) is 0 Å². The first-order valence-corrected chi connectivity index (χ1v) is 10.7. The highest BCUT2D eigenvalue weighted by atomic mass is 16.3. The number of carbonyl (C=O) groups is 3. The van der Waals surface area contributed by atoms with E-state index in [9.17, 15) is 14.4 Å². The molecule has 32 heavy (non-hydrogen) atoms. The van der Waals surface area contributed by atoms with Gasteiger partial charge in [0.05, 0.1) is 12.0 Å². The number of carbonyl (C=O) groups excluding carboxylic acids is 3. The fraction of sp³-hybridized carbons (Fsp3) is 0.280. The number of pyridine rings is 1. The lowest BCUT2D eigenvalue weighted by Gasteiger charge is -2.32. The molecule has 0 aliphatic heterocycles. The van der Waals surface area contributed by atoms with Gasteiger partial charge in [-0.05, 0) is 50.1 Å². The zero-order valence-electron chi connectivity index (χ0n) is 17.9. The van der Waals surface area contributed by atoms with Crippen molar-refractivity contribution < 1.29 is 18.8 Å². The van der Waals surface area contributed by atoms with Gasteiger partial charge in [-0.3, -0.25) is 24.3 Å². The van der Waals surface area contributed by atoms with E-state index in [0.29, 0.717) is 16.8 Å². The lowest BCUT2D eigenvalue weighted by Crippen LogP contribution is -2.46. The van der Waals surface area contributed by atoms with Crippen LogP contribution in [0.5, 0.6) is 0 Å². The number of para-hydroxylation sites is 1. The van der Waals surface area contributed by atoms with Crippen LogP contribution < -0.4 is 10.2 Å². The van der Waals surface area contributed by atoms with Crippen molar-refractivity contribution in [1.82, 2.24) is 10.3 Å². The molecule has 1 atom stereocenters. The second-order valence-electron chi connectivity index (χ2n) is 7.90. The molecule has 1 aliphatic rings. The lowest BCUT2D eigenvalue weighted by molar-refractivity contribution is -0.123. The summed E-state index contributed by atoms with van der Waals surface area (Å²) < 4.78 is 5.37. The average Bonchev–Trinajstić information content (AvgIpc) is 3.52. The summed E-state index contributed by atoms with van der Waals surface area (Å²) in [6.07, 6.45) is 8.51. The number of hydrogen-bond acceptors (Lipinski definition) is 5. The highest BCUT2D eigenvalue weighted by molar-refractivity contribution is 6.12. The maximum Gasteiger partial charge on any atom is 0.294 e. The quantitative estimate of drug-likeness (QED) is 0.562. The van der Waals surface area contributed by atoms with Gasteiger partial charge in [-0.25, -0.2) is 0 Å². The number of ketones is 1. The zero-order valence-corrected chi connectivity index (χ0v) is 17.9. The van der Waals surface area contributed by atoms with E-state index in [4.69, 9.17) is 4.42 Å². The minimum Gasteiger partial charge on any atom is -0.459 e. The molecule has 3 aromatic rings. The van der Waals surface area contributed by atoms with Gasteiger partial charge in [0.15, 0.2) is 11.5 Å². The maximum atomic E-state index is 13.7. The molecule has 0 spiro atoms. The summed E-state index contributed by atoms with van der Waals surface area (Å²) in [5, 5.41) is 3.10. The Balaban J connectivity index is 1.85. The summed E-state index contributed by atoms with van der Waals surface area (Å²) in [4.78, 5) is 45.2. The van der Waals surface area contributed by atoms with Crippen molar-refractivity contribution in [3.63, 3.8) is 0 Å². The number of nitrogens with zero attached hydrogens (tertiary/aromatic N) is 2. The number of furan rings is 1.